The van der Waals surface area contributed by atoms with Gasteiger partial charge in [0.1, 0.15) is 18.1 Å². The number of benzene rings is 3. The fraction of sp³-hybridized carbons (Fsp3) is 0.167. The molecule has 0 saturated carbocycles. The smallest absolute Gasteiger partial charge is 0.338 e. The first-order valence-corrected chi connectivity index (χ1v) is 9.54. The second kappa shape index (κ2) is 10.1. The minimum absolute atomic E-state index is 0.266. The van der Waals surface area contributed by atoms with Crippen molar-refractivity contribution in [1.29, 1.82) is 0 Å². The fourth-order valence-electron chi connectivity index (χ4n) is 2.82. The van der Waals surface area contributed by atoms with Gasteiger partial charge in [0.2, 0.25) is 0 Å². The average molecular weight is 405 g/mol. The molecule has 0 saturated heterocycles. The van der Waals surface area contributed by atoms with Crippen LogP contribution in [0.5, 0.6) is 11.5 Å². The van der Waals surface area contributed by atoms with Gasteiger partial charge >= 0.3 is 5.97 Å². The first kappa shape index (κ1) is 20.9. The maximum atomic E-state index is 12.7. The lowest BCUT2D eigenvalue weighted by atomic mass is 10.1. The number of amides is 1. The van der Waals surface area contributed by atoms with Crippen molar-refractivity contribution in [3.63, 3.8) is 0 Å². The molecule has 1 N–H and O–H groups in total. The summed E-state index contributed by atoms with van der Waals surface area (Å²) in [6.45, 7) is 2.33. The summed E-state index contributed by atoms with van der Waals surface area (Å²) < 4.78 is 16.1. The molecule has 0 aliphatic rings. The van der Waals surface area contributed by atoms with Crippen LogP contribution < -0.4 is 14.8 Å². The zero-order valence-electron chi connectivity index (χ0n) is 16.9. The van der Waals surface area contributed by atoms with E-state index in [1.54, 1.807) is 56.5 Å². The van der Waals surface area contributed by atoms with E-state index < -0.39 is 5.97 Å². The largest absolute Gasteiger partial charge is 0.496 e. The maximum Gasteiger partial charge on any atom is 0.338 e. The van der Waals surface area contributed by atoms with E-state index in [9.17, 15) is 9.59 Å². The van der Waals surface area contributed by atoms with Crippen LogP contribution in [0.15, 0.2) is 72.8 Å². The van der Waals surface area contributed by atoms with E-state index in [4.69, 9.17) is 14.2 Å². The molecule has 1 amide bonds. The summed E-state index contributed by atoms with van der Waals surface area (Å²) in [5.74, 6) is 0.702. The number of esters is 1. The Morgan fingerprint density at radius 1 is 0.900 bits per heavy atom. The van der Waals surface area contributed by atoms with Gasteiger partial charge in [-0.15, -0.1) is 0 Å². The molecule has 0 radical (unpaired) electrons. The summed E-state index contributed by atoms with van der Waals surface area (Å²) >= 11 is 0. The van der Waals surface area contributed by atoms with E-state index in [0.29, 0.717) is 29.2 Å². The summed E-state index contributed by atoms with van der Waals surface area (Å²) in [6.07, 6.45) is 0. The molecular formula is C24H23NO5. The molecule has 154 valence electrons. The third-order valence-corrected chi connectivity index (χ3v) is 4.33. The number of carbonyl (C=O) groups is 2. The highest BCUT2D eigenvalue weighted by Gasteiger charge is 2.12. The molecule has 0 unspecified atom stereocenters. The third kappa shape index (κ3) is 5.38. The summed E-state index contributed by atoms with van der Waals surface area (Å²) in [4.78, 5) is 24.4. The van der Waals surface area contributed by atoms with Crippen LogP contribution in [0, 0.1) is 0 Å². The predicted octanol–water partition coefficient (Wildman–Crippen LogP) is 4.70. The Bertz CT molecular complexity index is 1000. The van der Waals surface area contributed by atoms with Gasteiger partial charge in [-0.3, -0.25) is 4.79 Å². The minimum Gasteiger partial charge on any atom is -0.496 e. The number of hydrogen-bond acceptors (Lipinski definition) is 5. The molecule has 6 nitrogen and oxygen atoms in total. The summed E-state index contributed by atoms with van der Waals surface area (Å²) in [5, 5.41) is 2.82. The lowest BCUT2D eigenvalue weighted by Gasteiger charge is -2.12. The van der Waals surface area contributed by atoms with E-state index in [1.165, 1.54) is 0 Å². The third-order valence-electron chi connectivity index (χ3n) is 4.33. The molecule has 30 heavy (non-hydrogen) atoms. The van der Waals surface area contributed by atoms with Crippen molar-refractivity contribution in [2.45, 2.75) is 13.5 Å². The number of anilines is 1. The summed E-state index contributed by atoms with van der Waals surface area (Å²) in [7, 11) is 1.58. The van der Waals surface area contributed by atoms with E-state index in [2.05, 4.69) is 5.32 Å². The molecule has 0 atom stereocenters. The molecule has 6 heteroatoms. The first-order chi connectivity index (χ1) is 14.6. The van der Waals surface area contributed by atoms with Gasteiger partial charge < -0.3 is 19.5 Å². The van der Waals surface area contributed by atoms with Crippen molar-refractivity contribution < 1.29 is 23.8 Å². The molecule has 0 fully saturated rings. The van der Waals surface area contributed by atoms with Gasteiger partial charge in [-0.05, 0) is 61.5 Å². The van der Waals surface area contributed by atoms with Crippen molar-refractivity contribution in [2.75, 3.05) is 19.0 Å². The number of carbonyl (C=O) groups excluding carboxylic acids is 2. The zero-order valence-corrected chi connectivity index (χ0v) is 16.9. The van der Waals surface area contributed by atoms with Crippen molar-refractivity contribution in [2.24, 2.45) is 0 Å². The van der Waals surface area contributed by atoms with Gasteiger partial charge in [0.05, 0.1) is 19.3 Å². The topological polar surface area (TPSA) is 73.9 Å². The van der Waals surface area contributed by atoms with E-state index in [1.807, 2.05) is 30.3 Å². The molecule has 3 aromatic carbocycles. The van der Waals surface area contributed by atoms with Crippen molar-refractivity contribution in [3.05, 3.63) is 89.5 Å². The van der Waals surface area contributed by atoms with Crippen LogP contribution in [0.25, 0.3) is 0 Å². The molecule has 0 heterocycles. The standard InChI is InChI=1S/C24H23NO5/c1-3-29-24(27)17-9-12-20(13-10-17)25-23(26)18-11-14-22(28-2)19(15-18)16-30-21-7-5-4-6-8-21/h4-15H,3,16H2,1-2H3,(H,25,26). The zero-order chi connectivity index (χ0) is 21.3. The lowest BCUT2D eigenvalue weighted by molar-refractivity contribution is 0.0526. The Hall–Kier alpha value is -3.80. The van der Waals surface area contributed by atoms with Gasteiger partial charge in [-0.25, -0.2) is 4.79 Å². The molecule has 0 aliphatic heterocycles. The van der Waals surface area contributed by atoms with Gasteiger partial charge in [0.15, 0.2) is 0 Å². The average Bonchev–Trinajstić information content (AvgIpc) is 2.78. The van der Waals surface area contributed by atoms with Gasteiger partial charge in [0.25, 0.3) is 5.91 Å². The lowest BCUT2D eigenvalue weighted by Crippen LogP contribution is -2.13. The van der Waals surface area contributed by atoms with Crippen molar-refractivity contribution in [3.8, 4) is 11.5 Å². The van der Waals surface area contributed by atoms with Gasteiger partial charge in [-0.2, -0.15) is 0 Å². The van der Waals surface area contributed by atoms with Gasteiger partial charge in [-0.1, -0.05) is 18.2 Å². The number of hydrogen-bond donors (Lipinski definition) is 1. The normalized spacial score (nSPS) is 10.2. The van der Waals surface area contributed by atoms with Crippen LogP contribution >= 0.6 is 0 Å². The monoisotopic (exact) mass is 405 g/mol. The summed E-state index contributed by atoms with van der Waals surface area (Å²) in [6, 6.07) is 21.1. The van der Waals surface area contributed by atoms with Crippen LogP contribution in [0.2, 0.25) is 0 Å². The Kier molecular flexibility index (Phi) is 7.05. The van der Waals surface area contributed by atoms with E-state index in [0.717, 1.165) is 11.3 Å². The van der Waals surface area contributed by atoms with Crippen LogP contribution in [-0.2, 0) is 11.3 Å². The van der Waals surface area contributed by atoms with Crippen molar-refractivity contribution in [1.82, 2.24) is 0 Å². The van der Waals surface area contributed by atoms with Gasteiger partial charge in [0, 0.05) is 16.8 Å². The summed E-state index contributed by atoms with van der Waals surface area (Å²) in [5.41, 5.74) is 2.23. The minimum atomic E-state index is -0.395. The Balaban J connectivity index is 1.70. The SMILES string of the molecule is CCOC(=O)c1ccc(NC(=O)c2ccc(OC)c(COc3ccccc3)c2)cc1. The second-order valence-corrected chi connectivity index (χ2v) is 6.38. The molecule has 0 aromatic heterocycles. The molecular weight excluding hydrogens is 382 g/mol. The highest BCUT2D eigenvalue weighted by molar-refractivity contribution is 6.04. The number of nitrogens with one attached hydrogen (secondary N) is 1. The first-order valence-electron chi connectivity index (χ1n) is 9.54. The van der Waals surface area contributed by atoms with Crippen LogP contribution in [0.1, 0.15) is 33.2 Å². The van der Waals surface area contributed by atoms with Crippen LogP contribution in [-0.4, -0.2) is 25.6 Å². The Labute approximate surface area is 175 Å². The Morgan fingerprint density at radius 2 is 1.60 bits per heavy atom. The number of ether oxygens (including phenoxy) is 3. The molecule has 0 aliphatic carbocycles. The number of methoxy groups -OCH3 is 1. The molecule has 3 rings (SSSR count). The second-order valence-electron chi connectivity index (χ2n) is 6.38. The molecule has 3 aromatic rings. The quantitative estimate of drug-likeness (QED) is 0.550. The van der Waals surface area contributed by atoms with Crippen LogP contribution in [0.4, 0.5) is 5.69 Å². The maximum absolute atomic E-state index is 12.7. The number of para-hydroxylation sites is 1. The van der Waals surface area contributed by atoms with E-state index >= 15 is 0 Å². The highest BCUT2D eigenvalue weighted by Crippen LogP contribution is 2.23. The molecule has 0 spiro atoms. The van der Waals surface area contributed by atoms with Crippen molar-refractivity contribution >= 4 is 17.6 Å². The number of rotatable bonds is 8. The Morgan fingerprint density at radius 3 is 2.27 bits per heavy atom. The van der Waals surface area contributed by atoms with E-state index in [-0.39, 0.29) is 12.5 Å². The molecule has 0 bridgehead atoms. The highest BCUT2D eigenvalue weighted by atomic mass is 16.5. The fourth-order valence-corrected chi connectivity index (χ4v) is 2.82. The predicted molar refractivity (Wildman–Crippen MR) is 114 cm³/mol. The van der Waals surface area contributed by atoms with Crippen LogP contribution in [0.3, 0.4) is 0 Å².